The number of hydrogen-bond donors (Lipinski definition) is 2. The molecule has 3 rings (SSSR count). The monoisotopic (exact) mass is 364 g/mol. The summed E-state index contributed by atoms with van der Waals surface area (Å²) >= 11 is 6.02. The van der Waals surface area contributed by atoms with E-state index in [2.05, 4.69) is 5.32 Å². The van der Waals surface area contributed by atoms with E-state index in [1.807, 2.05) is 4.90 Å². The lowest BCUT2D eigenvalue weighted by molar-refractivity contribution is -0.116. The molecule has 0 spiro atoms. The Balaban J connectivity index is 1.67. The molecule has 0 saturated carbocycles. The second-order valence-corrected chi connectivity index (χ2v) is 6.21. The Labute approximate surface area is 150 Å². The van der Waals surface area contributed by atoms with E-state index in [4.69, 9.17) is 16.3 Å². The first-order chi connectivity index (χ1) is 12.0. The Kier molecular flexibility index (Phi) is 5.40. The topological polar surface area (TPSA) is 61.8 Å². The molecule has 2 aromatic carbocycles. The molecule has 2 aromatic rings. The van der Waals surface area contributed by atoms with Crippen LogP contribution in [0.15, 0.2) is 42.5 Å². The molecule has 1 heterocycles. The summed E-state index contributed by atoms with van der Waals surface area (Å²) in [6.07, 6.45) is -0.545. The average molecular weight is 365 g/mol. The van der Waals surface area contributed by atoms with Crippen LogP contribution in [0.1, 0.15) is 6.42 Å². The number of fused-ring (bicyclic) bond motifs is 1. The van der Waals surface area contributed by atoms with Crippen LogP contribution in [0.5, 0.6) is 5.75 Å². The van der Waals surface area contributed by atoms with E-state index >= 15 is 0 Å². The zero-order valence-corrected chi connectivity index (χ0v) is 14.2. The van der Waals surface area contributed by atoms with Gasteiger partial charge in [-0.2, -0.15) is 0 Å². The van der Waals surface area contributed by atoms with Crippen molar-refractivity contribution < 1.29 is 19.0 Å². The molecule has 0 saturated heterocycles. The quantitative estimate of drug-likeness (QED) is 0.856. The van der Waals surface area contributed by atoms with Gasteiger partial charge in [-0.05, 0) is 30.3 Å². The molecule has 1 amide bonds. The largest absolute Gasteiger partial charge is 0.489 e. The molecule has 1 aliphatic rings. The number of halogens is 2. The van der Waals surface area contributed by atoms with Crippen LogP contribution in [-0.4, -0.2) is 36.8 Å². The minimum atomic E-state index is -0.803. The van der Waals surface area contributed by atoms with Gasteiger partial charge in [0.1, 0.15) is 24.3 Å². The Morgan fingerprint density at radius 1 is 1.32 bits per heavy atom. The molecule has 1 aliphatic heterocycles. The van der Waals surface area contributed by atoms with Gasteiger partial charge in [0.15, 0.2) is 0 Å². The van der Waals surface area contributed by atoms with Crippen molar-refractivity contribution in [1.29, 1.82) is 0 Å². The predicted octanol–water partition coefficient (Wildman–Crippen LogP) is 3.07. The number of ether oxygens (including phenoxy) is 1. The summed E-state index contributed by atoms with van der Waals surface area (Å²) in [5.41, 5.74) is 1.07. The van der Waals surface area contributed by atoms with Crippen LogP contribution in [0.3, 0.4) is 0 Å². The molecule has 1 unspecified atom stereocenters. The lowest BCUT2D eigenvalue weighted by Crippen LogP contribution is -2.36. The van der Waals surface area contributed by atoms with E-state index in [0.29, 0.717) is 28.7 Å². The minimum absolute atomic E-state index is 0.0537. The average Bonchev–Trinajstić information content (AvgIpc) is 2.72. The number of carbonyl (C=O) groups is 1. The van der Waals surface area contributed by atoms with Crippen molar-refractivity contribution in [2.45, 2.75) is 12.5 Å². The van der Waals surface area contributed by atoms with E-state index in [-0.39, 0.29) is 25.5 Å². The summed E-state index contributed by atoms with van der Waals surface area (Å²) in [7, 11) is 0. The standard InChI is InChI=1S/C18H18ClFN2O3/c19-14-3-1-2-4-17(14)25-11-13(23)10-22-8-7-18(24)21-15-9-12(20)5-6-16(15)22/h1-6,9,13,23H,7-8,10-11H2,(H,21,24). The molecule has 132 valence electrons. The van der Waals surface area contributed by atoms with Crippen LogP contribution in [0, 0.1) is 5.82 Å². The number of nitrogens with one attached hydrogen (secondary N) is 1. The maximum Gasteiger partial charge on any atom is 0.226 e. The van der Waals surface area contributed by atoms with Gasteiger partial charge in [-0.15, -0.1) is 0 Å². The van der Waals surface area contributed by atoms with E-state index < -0.39 is 11.9 Å². The summed E-state index contributed by atoms with van der Waals surface area (Å²) in [5.74, 6) is -0.113. The van der Waals surface area contributed by atoms with Crippen molar-refractivity contribution in [3.05, 3.63) is 53.3 Å². The molecule has 0 bridgehead atoms. The number of rotatable bonds is 5. The third kappa shape index (κ3) is 4.41. The fourth-order valence-corrected chi connectivity index (χ4v) is 2.89. The summed E-state index contributed by atoms with van der Waals surface area (Å²) < 4.78 is 19.0. The van der Waals surface area contributed by atoms with Crippen LogP contribution >= 0.6 is 11.6 Å². The summed E-state index contributed by atoms with van der Waals surface area (Å²) in [6, 6.07) is 11.2. The zero-order valence-electron chi connectivity index (χ0n) is 13.4. The minimum Gasteiger partial charge on any atom is -0.489 e. The summed E-state index contributed by atoms with van der Waals surface area (Å²) in [6.45, 7) is 0.726. The number of nitrogens with zero attached hydrogens (tertiary/aromatic N) is 1. The summed E-state index contributed by atoms with van der Waals surface area (Å²) in [5, 5.41) is 13.5. The first-order valence-corrected chi connectivity index (χ1v) is 8.30. The Morgan fingerprint density at radius 2 is 2.12 bits per heavy atom. The number of anilines is 2. The van der Waals surface area contributed by atoms with Crippen LogP contribution in [0.2, 0.25) is 5.02 Å². The molecule has 7 heteroatoms. The molecular weight excluding hydrogens is 347 g/mol. The van der Waals surface area contributed by atoms with Gasteiger partial charge in [-0.25, -0.2) is 4.39 Å². The maximum absolute atomic E-state index is 13.4. The Hall–Kier alpha value is -2.31. The fraction of sp³-hybridized carbons (Fsp3) is 0.278. The number of para-hydroxylation sites is 1. The zero-order chi connectivity index (χ0) is 17.8. The highest BCUT2D eigenvalue weighted by Gasteiger charge is 2.22. The van der Waals surface area contributed by atoms with Crippen LogP contribution in [0.25, 0.3) is 0 Å². The lowest BCUT2D eigenvalue weighted by atomic mass is 10.2. The van der Waals surface area contributed by atoms with Crippen molar-refractivity contribution >= 4 is 28.9 Å². The second kappa shape index (κ2) is 7.72. The van der Waals surface area contributed by atoms with Crippen LogP contribution < -0.4 is 15.0 Å². The van der Waals surface area contributed by atoms with Crippen molar-refractivity contribution in [3.63, 3.8) is 0 Å². The molecule has 2 N–H and O–H groups in total. The highest BCUT2D eigenvalue weighted by molar-refractivity contribution is 6.32. The highest BCUT2D eigenvalue weighted by atomic mass is 35.5. The molecule has 0 aromatic heterocycles. The van der Waals surface area contributed by atoms with Crippen molar-refractivity contribution in [2.75, 3.05) is 29.9 Å². The number of carbonyl (C=O) groups excluding carboxylic acids is 1. The smallest absolute Gasteiger partial charge is 0.226 e. The highest BCUT2D eigenvalue weighted by Crippen LogP contribution is 2.30. The number of benzene rings is 2. The van der Waals surface area contributed by atoms with Gasteiger partial charge in [-0.3, -0.25) is 4.79 Å². The lowest BCUT2D eigenvalue weighted by Gasteiger charge is -2.26. The van der Waals surface area contributed by atoms with Gasteiger partial charge < -0.3 is 20.1 Å². The fourth-order valence-electron chi connectivity index (χ4n) is 2.70. The number of amides is 1. The second-order valence-electron chi connectivity index (χ2n) is 5.80. The number of hydrogen-bond acceptors (Lipinski definition) is 4. The normalized spacial score (nSPS) is 15.2. The van der Waals surface area contributed by atoms with Gasteiger partial charge >= 0.3 is 0 Å². The van der Waals surface area contributed by atoms with Gasteiger partial charge in [0.2, 0.25) is 5.91 Å². The number of aliphatic hydroxyl groups excluding tert-OH is 1. The third-order valence-corrected chi connectivity index (χ3v) is 4.19. The van der Waals surface area contributed by atoms with E-state index in [1.165, 1.54) is 12.1 Å². The molecule has 25 heavy (non-hydrogen) atoms. The Bertz CT molecular complexity index is 772. The summed E-state index contributed by atoms with van der Waals surface area (Å²) in [4.78, 5) is 13.6. The maximum atomic E-state index is 13.4. The van der Waals surface area contributed by atoms with Crippen molar-refractivity contribution in [2.24, 2.45) is 0 Å². The van der Waals surface area contributed by atoms with E-state index in [0.717, 1.165) is 0 Å². The predicted molar refractivity (Wildman–Crippen MR) is 94.8 cm³/mol. The SMILES string of the molecule is O=C1CCN(CC(O)COc2ccccc2Cl)c2ccc(F)cc2N1. The van der Waals surface area contributed by atoms with E-state index in [1.54, 1.807) is 30.3 Å². The molecule has 1 atom stereocenters. The molecule has 0 aliphatic carbocycles. The van der Waals surface area contributed by atoms with Crippen LogP contribution in [0.4, 0.5) is 15.8 Å². The number of aliphatic hydroxyl groups is 1. The molecule has 0 radical (unpaired) electrons. The molecular formula is C18H18ClFN2O3. The number of β-amino-alcohol motifs (C(OH)–C–C–N with tert-alkyl or cyclic N) is 1. The van der Waals surface area contributed by atoms with Crippen molar-refractivity contribution in [1.82, 2.24) is 0 Å². The molecule has 5 nitrogen and oxygen atoms in total. The molecule has 0 fully saturated rings. The van der Waals surface area contributed by atoms with Crippen molar-refractivity contribution in [3.8, 4) is 5.75 Å². The van der Waals surface area contributed by atoms with Gasteiger partial charge in [0.05, 0.1) is 16.4 Å². The first-order valence-electron chi connectivity index (χ1n) is 7.92. The van der Waals surface area contributed by atoms with Crippen LogP contribution in [-0.2, 0) is 4.79 Å². The Morgan fingerprint density at radius 3 is 2.92 bits per heavy atom. The van der Waals surface area contributed by atoms with Gasteiger partial charge in [-0.1, -0.05) is 23.7 Å². The first kappa shape index (κ1) is 17.5. The van der Waals surface area contributed by atoms with Gasteiger partial charge in [0.25, 0.3) is 0 Å². The third-order valence-electron chi connectivity index (χ3n) is 3.88. The van der Waals surface area contributed by atoms with Gasteiger partial charge in [0, 0.05) is 19.5 Å². The van der Waals surface area contributed by atoms with E-state index in [9.17, 15) is 14.3 Å².